The molecule has 0 aliphatic rings. The van der Waals surface area contributed by atoms with Gasteiger partial charge in [0, 0.05) is 31.9 Å². The van der Waals surface area contributed by atoms with Crippen molar-refractivity contribution < 1.29 is 29.3 Å². The SMILES string of the molecule is CC(C)(C)[Si](C)(C)Oc1ccc2ccnc(C=[C-]c3cc(Br)cc(Br)c3)c2c1.O=C(c1ccccc1)c1ccc[n-]1.[Ir]. The van der Waals surface area contributed by atoms with E-state index in [9.17, 15) is 4.79 Å². The molecule has 2 heterocycles. The third-order valence-corrected chi connectivity index (χ3v) is 12.3. The van der Waals surface area contributed by atoms with Crippen molar-refractivity contribution in [1.29, 1.82) is 0 Å². The fourth-order valence-electron chi connectivity index (χ4n) is 3.76. The Morgan fingerprint density at radius 1 is 0.929 bits per heavy atom. The first kappa shape index (κ1) is 33.9. The molecule has 0 unspecified atom stereocenters. The largest absolute Gasteiger partial charge is 0.661 e. The predicted molar refractivity (Wildman–Crippen MR) is 178 cm³/mol. The Kier molecular flexibility index (Phi) is 11.9. The van der Waals surface area contributed by atoms with Gasteiger partial charge in [-0.25, -0.2) is 0 Å². The molecule has 3 aromatic carbocycles. The van der Waals surface area contributed by atoms with Crippen LogP contribution < -0.4 is 9.41 Å². The topological polar surface area (TPSA) is 53.3 Å². The van der Waals surface area contributed by atoms with Crippen molar-refractivity contribution in [2.45, 2.75) is 38.9 Å². The van der Waals surface area contributed by atoms with Gasteiger partial charge in [0.05, 0.1) is 0 Å². The van der Waals surface area contributed by atoms with Crippen molar-refractivity contribution in [3.8, 4) is 5.75 Å². The van der Waals surface area contributed by atoms with Crippen LogP contribution in [-0.2, 0) is 20.1 Å². The average molecular weight is 881 g/mol. The molecule has 0 atom stereocenters. The van der Waals surface area contributed by atoms with Crippen molar-refractivity contribution in [3.05, 3.63) is 135 Å². The maximum atomic E-state index is 11.6. The van der Waals surface area contributed by atoms with Gasteiger partial charge in [-0.3, -0.25) is 4.79 Å². The number of hydrogen-bond acceptors (Lipinski definition) is 3. The van der Waals surface area contributed by atoms with E-state index in [-0.39, 0.29) is 30.9 Å². The minimum absolute atomic E-state index is 0. The van der Waals surface area contributed by atoms with Crippen LogP contribution in [0.25, 0.3) is 16.8 Å². The van der Waals surface area contributed by atoms with E-state index in [2.05, 4.69) is 100.0 Å². The number of rotatable bonds is 6. The number of carbonyl (C=O) groups excluding carboxylic acids is 1. The molecule has 0 saturated carbocycles. The van der Waals surface area contributed by atoms with Crippen LogP contribution in [0, 0.1) is 6.08 Å². The summed E-state index contributed by atoms with van der Waals surface area (Å²) in [6, 6.07) is 27.0. The van der Waals surface area contributed by atoms with Gasteiger partial charge in [-0.1, -0.05) is 113 Å². The van der Waals surface area contributed by atoms with Crippen LogP contribution >= 0.6 is 31.9 Å². The second-order valence-electron chi connectivity index (χ2n) is 11.1. The van der Waals surface area contributed by atoms with Crippen molar-refractivity contribution in [2.24, 2.45) is 0 Å². The van der Waals surface area contributed by atoms with Gasteiger partial charge in [-0.2, -0.15) is 6.20 Å². The number of carbonyl (C=O) groups is 1. The standard InChI is InChI=1S/C23H24Br2NOSi.C11H9NO.Ir/c1-23(2,3)28(4,5)27-20-8-7-17-10-11-26-22(21(17)15-20)9-6-16-12-18(24)14-19(25)13-16;13-11(10-7-4-8-12-10)9-5-2-1-3-6-9;/h7-15H,1-5H3;1-8H,(H,12,13);/q-1;;/p-1. The van der Waals surface area contributed by atoms with Crippen molar-refractivity contribution in [2.75, 3.05) is 0 Å². The third-order valence-electron chi connectivity index (χ3n) is 7.01. The van der Waals surface area contributed by atoms with Gasteiger partial charge in [-0.15, -0.1) is 29.8 Å². The molecule has 0 spiro atoms. The number of nitrogens with zero attached hydrogens (tertiary/aromatic N) is 2. The number of halogens is 2. The summed E-state index contributed by atoms with van der Waals surface area (Å²) in [5, 5.41) is 2.36. The molecule has 8 heteroatoms. The zero-order valence-electron chi connectivity index (χ0n) is 24.1. The molecule has 0 saturated heterocycles. The van der Waals surface area contributed by atoms with Crippen LogP contribution in [-0.4, -0.2) is 19.1 Å². The molecular formula is C34H32Br2IrN2O2Si-2. The number of ketones is 1. The number of pyridine rings is 1. The number of benzene rings is 3. The first-order valence-corrected chi connectivity index (χ1v) is 17.7. The Labute approximate surface area is 279 Å². The maximum absolute atomic E-state index is 11.6. The molecule has 5 aromatic rings. The van der Waals surface area contributed by atoms with Gasteiger partial charge in [-0.05, 0) is 61.7 Å². The van der Waals surface area contributed by atoms with Crippen LogP contribution in [0.4, 0.5) is 0 Å². The van der Waals surface area contributed by atoms with Crippen LogP contribution in [0.3, 0.4) is 0 Å². The van der Waals surface area contributed by atoms with Crippen LogP contribution in [0.1, 0.15) is 48.1 Å². The van der Waals surface area contributed by atoms with E-state index in [1.165, 1.54) is 0 Å². The maximum Gasteiger partial charge on any atom is 0.250 e. The smallest absolute Gasteiger partial charge is 0.250 e. The summed E-state index contributed by atoms with van der Waals surface area (Å²) < 4.78 is 8.50. The van der Waals surface area contributed by atoms with E-state index in [1.54, 1.807) is 30.5 Å². The normalized spacial score (nSPS) is 11.5. The second kappa shape index (κ2) is 14.7. The Balaban J connectivity index is 0.000000289. The minimum atomic E-state index is -1.89. The first-order chi connectivity index (χ1) is 19.4. The van der Waals surface area contributed by atoms with Crippen LogP contribution in [0.2, 0.25) is 18.1 Å². The van der Waals surface area contributed by atoms with Crippen LogP contribution in [0.5, 0.6) is 5.75 Å². The Morgan fingerprint density at radius 2 is 1.62 bits per heavy atom. The Hall–Kier alpha value is -2.61. The molecule has 2 aromatic heterocycles. The molecule has 0 aliphatic carbocycles. The fraction of sp³-hybridized carbons (Fsp3) is 0.176. The molecular weight excluding hydrogens is 848 g/mol. The summed E-state index contributed by atoms with van der Waals surface area (Å²) >= 11 is 7.04. The molecule has 0 amide bonds. The van der Waals surface area contributed by atoms with E-state index in [0.717, 1.165) is 36.7 Å². The van der Waals surface area contributed by atoms with E-state index in [1.807, 2.05) is 54.7 Å². The quantitative estimate of drug-likeness (QED) is 0.0969. The van der Waals surface area contributed by atoms with Crippen molar-refractivity contribution in [3.63, 3.8) is 0 Å². The molecule has 0 N–H and O–H groups in total. The Bertz CT molecular complexity index is 1640. The summed E-state index contributed by atoms with van der Waals surface area (Å²) in [7, 11) is -1.89. The van der Waals surface area contributed by atoms with E-state index < -0.39 is 8.32 Å². The van der Waals surface area contributed by atoms with Crippen molar-refractivity contribution >= 4 is 62.8 Å². The third kappa shape index (κ3) is 8.95. The van der Waals surface area contributed by atoms with E-state index in [4.69, 9.17) is 4.43 Å². The predicted octanol–water partition coefficient (Wildman–Crippen LogP) is 9.88. The average Bonchev–Trinajstić information content (AvgIpc) is 3.46. The van der Waals surface area contributed by atoms with Gasteiger partial charge in [0.15, 0.2) is 5.78 Å². The second-order valence-corrected chi connectivity index (χ2v) is 17.7. The summed E-state index contributed by atoms with van der Waals surface area (Å²) in [6.07, 6.45) is 8.74. The van der Waals surface area contributed by atoms with Gasteiger partial charge in [0.2, 0.25) is 8.32 Å². The minimum Gasteiger partial charge on any atom is -0.661 e. The summed E-state index contributed by atoms with van der Waals surface area (Å²) in [5.74, 6) is 0.887. The molecule has 42 heavy (non-hydrogen) atoms. The Morgan fingerprint density at radius 3 is 2.24 bits per heavy atom. The van der Waals surface area contributed by atoms with E-state index >= 15 is 0 Å². The number of aromatic nitrogens is 2. The zero-order chi connectivity index (χ0) is 29.6. The molecule has 4 nitrogen and oxygen atoms in total. The number of fused-ring (bicyclic) bond motifs is 1. The first-order valence-electron chi connectivity index (χ1n) is 13.2. The monoisotopic (exact) mass is 879 g/mol. The molecule has 5 rings (SSSR count). The molecule has 1 radical (unpaired) electrons. The van der Waals surface area contributed by atoms with Gasteiger partial charge >= 0.3 is 0 Å². The van der Waals surface area contributed by atoms with Gasteiger partial charge in [0.1, 0.15) is 5.75 Å². The summed E-state index contributed by atoms with van der Waals surface area (Å²) in [6.45, 7) is 11.3. The molecule has 0 bridgehead atoms. The fourth-order valence-corrected chi connectivity index (χ4v) is 6.07. The van der Waals surface area contributed by atoms with Gasteiger partial charge < -0.3 is 14.4 Å². The van der Waals surface area contributed by atoms with Crippen molar-refractivity contribution in [1.82, 2.24) is 9.97 Å². The van der Waals surface area contributed by atoms with E-state index in [0.29, 0.717) is 11.3 Å². The van der Waals surface area contributed by atoms with Crippen LogP contribution in [0.15, 0.2) is 106 Å². The molecule has 0 fully saturated rings. The number of hydrogen-bond donors (Lipinski definition) is 0. The summed E-state index contributed by atoms with van der Waals surface area (Å²) in [4.78, 5) is 20.2. The van der Waals surface area contributed by atoms with Gasteiger partial charge in [0.25, 0.3) is 0 Å². The zero-order valence-corrected chi connectivity index (χ0v) is 30.7. The molecule has 219 valence electrons. The molecule has 0 aliphatic heterocycles. The summed E-state index contributed by atoms with van der Waals surface area (Å²) in [5.41, 5.74) is 3.05.